The van der Waals surface area contributed by atoms with E-state index in [2.05, 4.69) is 42.3 Å². The van der Waals surface area contributed by atoms with Gasteiger partial charge in [-0.05, 0) is 49.9 Å². The van der Waals surface area contributed by atoms with Gasteiger partial charge in [-0.2, -0.15) is 5.06 Å². The van der Waals surface area contributed by atoms with Crippen LogP contribution in [0.3, 0.4) is 0 Å². The number of aromatic amines is 1. The normalized spacial score (nSPS) is 15.9. The Hall–Kier alpha value is -1.85. The van der Waals surface area contributed by atoms with Gasteiger partial charge < -0.3 is 10.3 Å². The van der Waals surface area contributed by atoms with Crippen molar-refractivity contribution in [1.82, 2.24) is 15.4 Å². The monoisotopic (exact) mass is 315 g/mol. The van der Waals surface area contributed by atoms with Gasteiger partial charge in [-0.3, -0.25) is 9.63 Å². The minimum Gasteiger partial charge on any atom is -0.358 e. The largest absolute Gasteiger partial charge is 0.358 e. The molecule has 0 aliphatic carbocycles. The Morgan fingerprint density at radius 2 is 2.22 bits per heavy atom. The van der Waals surface area contributed by atoms with Crippen molar-refractivity contribution in [3.63, 3.8) is 0 Å². The summed E-state index contributed by atoms with van der Waals surface area (Å²) in [6.07, 6.45) is 2.74. The van der Waals surface area contributed by atoms with Gasteiger partial charge in [0, 0.05) is 42.7 Å². The van der Waals surface area contributed by atoms with Crippen LogP contribution in [0, 0.1) is 13.8 Å². The lowest BCUT2D eigenvalue weighted by molar-refractivity contribution is -0.181. The second-order valence-electron chi connectivity index (χ2n) is 6.25. The molecule has 0 radical (unpaired) electrons. The molecule has 1 fully saturated rings. The molecule has 124 valence electrons. The first-order valence-electron chi connectivity index (χ1n) is 8.36. The van der Waals surface area contributed by atoms with Crippen LogP contribution in [-0.4, -0.2) is 35.7 Å². The van der Waals surface area contributed by atoms with E-state index in [9.17, 15) is 4.79 Å². The number of aromatic nitrogens is 1. The van der Waals surface area contributed by atoms with Crippen molar-refractivity contribution >= 4 is 16.8 Å². The van der Waals surface area contributed by atoms with Gasteiger partial charge in [-0.1, -0.05) is 6.07 Å². The van der Waals surface area contributed by atoms with Crippen LogP contribution in [-0.2, 0) is 16.2 Å². The molecule has 0 bridgehead atoms. The Morgan fingerprint density at radius 3 is 3.00 bits per heavy atom. The predicted octanol–water partition coefficient (Wildman–Crippen LogP) is 2.82. The molecule has 1 aromatic carbocycles. The standard InChI is InChI=1S/C18H25N3O2/c1-13-14(2)20-17-6-5-15(11-16(13)17)12-19-18(22)7-9-21-8-3-4-10-23-21/h5-6,11,20H,3-4,7-10,12H2,1-2H3,(H,19,22). The maximum absolute atomic E-state index is 12.0. The Bertz CT molecular complexity index is 687. The average Bonchev–Trinajstić information content (AvgIpc) is 2.86. The SMILES string of the molecule is Cc1[nH]c2ccc(CNC(=O)CCN3CCCCO3)cc2c1C. The van der Waals surface area contributed by atoms with Crippen molar-refractivity contribution in [3.05, 3.63) is 35.0 Å². The van der Waals surface area contributed by atoms with E-state index in [-0.39, 0.29) is 5.91 Å². The summed E-state index contributed by atoms with van der Waals surface area (Å²) in [4.78, 5) is 20.9. The number of aryl methyl sites for hydroxylation is 2. The summed E-state index contributed by atoms with van der Waals surface area (Å²) in [5, 5.41) is 6.13. The van der Waals surface area contributed by atoms with Crippen molar-refractivity contribution in [3.8, 4) is 0 Å². The number of hydroxylamine groups is 2. The number of fused-ring (bicyclic) bond motifs is 1. The third-order valence-corrected chi connectivity index (χ3v) is 4.53. The van der Waals surface area contributed by atoms with E-state index < -0.39 is 0 Å². The summed E-state index contributed by atoms with van der Waals surface area (Å²) in [6, 6.07) is 6.30. The molecule has 0 atom stereocenters. The zero-order chi connectivity index (χ0) is 16.2. The molecule has 5 nitrogen and oxygen atoms in total. The Labute approximate surface area is 137 Å². The van der Waals surface area contributed by atoms with E-state index in [0.29, 0.717) is 19.5 Å². The van der Waals surface area contributed by atoms with E-state index in [1.165, 1.54) is 16.6 Å². The molecule has 1 amide bonds. The van der Waals surface area contributed by atoms with Gasteiger partial charge >= 0.3 is 0 Å². The summed E-state index contributed by atoms with van der Waals surface area (Å²) < 4.78 is 0. The van der Waals surface area contributed by atoms with Gasteiger partial charge in [-0.15, -0.1) is 0 Å². The van der Waals surface area contributed by atoms with Crippen LogP contribution in [0.4, 0.5) is 0 Å². The van der Waals surface area contributed by atoms with Crippen LogP contribution in [0.25, 0.3) is 10.9 Å². The average molecular weight is 315 g/mol. The van der Waals surface area contributed by atoms with Crippen LogP contribution in [0.5, 0.6) is 0 Å². The third kappa shape index (κ3) is 3.92. The second-order valence-corrected chi connectivity index (χ2v) is 6.25. The number of nitrogens with one attached hydrogen (secondary N) is 2. The summed E-state index contributed by atoms with van der Waals surface area (Å²) in [5.74, 6) is 0.0706. The molecule has 2 heterocycles. The number of carbonyl (C=O) groups excluding carboxylic acids is 1. The highest BCUT2D eigenvalue weighted by Gasteiger charge is 2.12. The van der Waals surface area contributed by atoms with Crippen LogP contribution >= 0.6 is 0 Å². The highest BCUT2D eigenvalue weighted by Crippen LogP contribution is 2.22. The van der Waals surface area contributed by atoms with Crippen molar-refractivity contribution in [2.45, 2.75) is 39.7 Å². The van der Waals surface area contributed by atoms with Gasteiger partial charge in [0.25, 0.3) is 0 Å². The van der Waals surface area contributed by atoms with Crippen LogP contribution in [0.1, 0.15) is 36.1 Å². The molecule has 5 heteroatoms. The van der Waals surface area contributed by atoms with Crippen molar-refractivity contribution in [2.24, 2.45) is 0 Å². The molecular formula is C18H25N3O2. The second kappa shape index (κ2) is 7.15. The van der Waals surface area contributed by atoms with Crippen LogP contribution in [0.2, 0.25) is 0 Å². The topological polar surface area (TPSA) is 57.4 Å². The molecule has 23 heavy (non-hydrogen) atoms. The first kappa shape index (κ1) is 16.0. The zero-order valence-corrected chi connectivity index (χ0v) is 13.9. The van der Waals surface area contributed by atoms with Gasteiger partial charge in [0.2, 0.25) is 5.91 Å². The summed E-state index contributed by atoms with van der Waals surface area (Å²) >= 11 is 0. The summed E-state index contributed by atoms with van der Waals surface area (Å²) in [5.41, 5.74) is 4.75. The Balaban J connectivity index is 1.51. The van der Waals surface area contributed by atoms with Crippen molar-refractivity contribution in [2.75, 3.05) is 19.7 Å². The quantitative estimate of drug-likeness (QED) is 0.892. The number of H-pyrrole nitrogens is 1. The van der Waals surface area contributed by atoms with Crippen molar-refractivity contribution in [1.29, 1.82) is 0 Å². The number of rotatable bonds is 5. The molecule has 2 aromatic rings. The Morgan fingerprint density at radius 1 is 1.35 bits per heavy atom. The van der Waals surface area contributed by atoms with Gasteiger partial charge in [-0.25, -0.2) is 0 Å². The molecule has 1 saturated heterocycles. The molecule has 1 aromatic heterocycles. The van der Waals surface area contributed by atoms with E-state index >= 15 is 0 Å². The molecule has 0 unspecified atom stereocenters. The molecule has 2 N–H and O–H groups in total. The number of amides is 1. The number of benzene rings is 1. The fraction of sp³-hybridized carbons (Fsp3) is 0.500. The maximum atomic E-state index is 12.0. The lowest BCUT2D eigenvalue weighted by atomic mass is 10.1. The molecule has 0 spiro atoms. The van der Waals surface area contributed by atoms with Gasteiger partial charge in [0.05, 0.1) is 6.61 Å². The minimum atomic E-state index is 0.0706. The number of nitrogens with zero attached hydrogens (tertiary/aromatic N) is 1. The lowest BCUT2D eigenvalue weighted by Crippen LogP contribution is -2.34. The maximum Gasteiger partial charge on any atom is 0.221 e. The highest BCUT2D eigenvalue weighted by molar-refractivity contribution is 5.85. The smallest absolute Gasteiger partial charge is 0.221 e. The molecule has 1 aliphatic rings. The fourth-order valence-corrected chi connectivity index (χ4v) is 2.96. The van der Waals surface area contributed by atoms with E-state index in [0.717, 1.165) is 37.1 Å². The molecule has 0 saturated carbocycles. The molecule has 1 aliphatic heterocycles. The van der Waals surface area contributed by atoms with Gasteiger partial charge in [0.15, 0.2) is 0 Å². The highest BCUT2D eigenvalue weighted by atomic mass is 16.7. The fourth-order valence-electron chi connectivity index (χ4n) is 2.96. The van der Waals surface area contributed by atoms with Gasteiger partial charge in [0.1, 0.15) is 0 Å². The number of hydrogen-bond acceptors (Lipinski definition) is 3. The molecule has 3 rings (SSSR count). The zero-order valence-electron chi connectivity index (χ0n) is 13.9. The number of carbonyl (C=O) groups is 1. The van der Waals surface area contributed by atoms with E-state index in [1.807, 2.05) is 5.06 Å². The van der Waals surface area contributed by atoms with Crippen molar-refractivity contribution < 1.29 is 9.63 Å². The first-order valence-corrected chi connectivity index (χ1v) is 8.36. The van der Waals surface area contributed by atoms with E-state index in [4.69, 9.17) is 4.84 Å². The lowest BCUT2D eigenvalue weighted by Gasteiger charge is -2.25. The Kier molecular flexibility index (Phi) is 4.98. The summed E-state index contributed by atoms with van der Waals surface area (Å²) in [6.45, 7) is 7.14. The minimum absolute atomic E-state index is 0.0706. The van der Waals surface area contributed by atoms with Crippen LogP contribution in [0.15, 0.2) is 18.2 Å². The number of hydrogen-bond donors (Lipinski definition) is 2. The summed E-state index contributed by atoms with van der Waals surface area (Å²) in [7, 11) is 0. The molecular weight excluding hydrogens is 290 g/mol. The first-order chi connectivity index (χ1) is 11.1. The third-order valence-electron chi connectivity index (χ3n) is 4.53. The predicted molar refractivity (Wildman–Crippen MR) is 91.0 cm³/mol. The van der Waals surface area contributed by atoms with E-state index in [1.54, 1.807) is 0 Å². The van der Waals surface area contributed by atoms with Crippen LogP contribution < -0.4 is 5.32 Å².